The molecule has 0 aliphatic rings. The van der Waals surface area contributed by atoms with Crippen molar-refractivity contribution in [3.05, 3.63) is 82.1 Å². The van der Waals surface area contributed by atoms with E-state index in [0.29, 0.717) is 30.9 Å². The summed E-state index contributed by atoms with van der Waals surface area (Å²) in [7, 11) is 3.87. The zero-order chi connectivity index (χ0) is 25.2. The van der Waals surface area contributed by atoms with E-state index < -0.39 is 6.09 Å². The molecule has 0 spiro atoms. The molecular formula is C26H31N5O4. The van der Waals surface area contributed by atoms with Gasteiger partial charge in [0.25, 0.3) is 5.56 Å². The summed E-state index contributed by atoms with van der Waals surface area (Å²) in [4.78, 5) is 38.0. The Morgan fingerprint density at radius 1 is 1.03 bits per heavy atom. The number of carbonyl (C=O) groups is 2. The fourth-order valence-electron chi connectivity index (χ4n) is 3.33. The third-order valence-corrected chi connectivity index (χ3v) is 5.17. The number of nitrogens with zero attached hydrogens (tertiary/aromatic N) is 3. The molecule has 0 saturated heterocycles. The number of aromatic nitrogens is 2. The molecule has 2 aromatic carbocycles. The molecule has 0 bridgehead atoms. The van der Waals surface area contributed by atoms with E-state index in [1.54, 1.807) is 31.2 Å². The predicted octanol–water partition coefficient (Wildman–Crippen LogP) is 3.09. The highest BCUT2D eigenvalue weighted by Gasteiger charge is 2.08. The number of nitrogens with one attached hydrogen (secondary N) is 2. The lowest BCUT2D eigenvalue weighted by atomic mass is 10.1. The molecule has 0 aliphatic heterocycles. The third-order valence-electron chi connectivity index (χ3n) is 5.17. The van der Waals surface area contributed by atoms with Crippen molar-refractivity contribution in [1.29, 1.82) is 0 Å². The minimum absolute atomic E-state index is 0.0121. The van der Waals surface area contributed by atoms with Crippen LogP contribution in [-0.4, -0.2) is 53.9 Å². The van der Waals surface area contributed by atoms with Gasteiger partial charge in [-0.3, -0.25) is 14.9 Å². The molecule has 0 saturated carbocycles. The van der Waals surface area contributed by atoms with Gasteiger partial charge in [0.1, 0.15) is 0 Å². The van der Waals surface area contributed by atoms with Crippen LogP contribution < -0.4 is 16.2 Å². The van der Waals surface area contributed by atoms with E-state index in [2.05, 4.69) is 15.7 Å². The first-order valence-corrected chi connectivity index (χ1v) is 11.5. The van der Waals surface area contributed by atoms with Crippen LogP contribution in [-0.2, 0) is 22.6 Å². The Bertz CT molecular complexity index is 1200. The van der Waals surface area contributed by atoms with E-state index in [0.717, 1.165) is 16.7 Å². The number of hydrogen-bond acceptors (Lipinski definition) is 6. The molecule has 0 unspecified atom stereocenters. The van der Waals surface area contributed by atoms with E-state index in [9.17, 15) is 14.4 Å². The predicted molar refractivity (Wildman–Crippen MR) is 135 cm³/mol. The highest BCUT2D eigenvalue weighted by molar-refractivity contribution is 5.84. The number of carbonyl (C=O) groups excluding carboxylic acids is 2. The van der Waals surface area contributed by atoms with Gasteiger partial charge in [-0.2, -0.15) is 5.10 Å². The molecule has 9 heteroatoms. The van der Waals surface area contributed by atoms with Crippen molar-refractivity contribution in [2.24, 2.45) is 0 Å². The molecule has 0 radical (unpaired) electrons. The van der Waals surface area contributed by atoms with Gasteiger partial charge in [0.15, 0.2) is 0 Å². The number of rotatable bonds is 10. The molecule has 0 aliphatic carbocycles. The minimum atomic E-state index is -0.529. The molecule has 2 amide bonds. The van der Waals surface area contributed by atoms with Crippen molar-refractivity contribution in [3.63, 3.8) is 0 Å². The lowest BCUT2D eigenvalue weighted by molar-refractivity contribution is -0.121. The summed E-state index contributed by atoms with van der Waals surface area (Å²) in [6.07, 6.45) is -0.0725. The maximum absolute atomic E-state index is 12.4. The van der Waals surface area contributed by atoms with Crippen LogP contribution in [0, 0.1) is 0 Å². The van der Waals surface area contributed by atoms with Crippen LogP contribution in [0.15, 0.2) is 65.5 Å². The average molecular weight is 478 g/mol. The van der Waals surface area contributed by atoms with E-state index in [4.69, 9.17) is 4.74 Å². The van der Waals surface area contributed by atoms with Gasteiger partial charge < -0.3 is 15.0 Å². The van der Waals surface area contributed by atoms with Gasteiger partial charge >= 0.3 is 6.09 Å². The van der Waals surface area contributed by atoms with Crippen LogP contribution in [0.5, 0.6) is 0 Å². The number of benzene rings is 2. The van der Waals surface area contributed by atoms with Crippen molar-refractivity contribution in [1.82, 2.24) is 20.0 Å². The van der Waals surface area contributed by atoms with Gasteiger partial charge in [-0.25, -0.2) is 9.48 Å². The summed E-state index contributed by atoms with van der Waals surface area (Å²) in [5.41, 5.74) is 3.66. The second kappa shape index (κ2) is 12.5. The third kappa shape index (κ3) is 8.08. The molecule has 9 nitrogen and oxygen atoms in total. The van der Waals surface area contributed by atoms with Crippen LogP contribution in [0.2, 0.25) is 0 Å². The van der Waals surface area contributed by atoms with Crippen LogP contribution in [0.25, 0.3) is 11.3 Å². The van der Waals surface area contributed by atoms with Crippen LogP contribution >= 0.6 is 0 Å². The summed E-state index contributed by atoms with van der Waals surface area (Å²) in [5.74, 6) is 0.0121. The Balaban J connectivity index is 1.67. The number of ether oxygens (including phenoxy) is 1. The van der Waals surface area contributed by atoms with Crippen molar-refractivity contribution in [3.8, 4) is 11.3 Å². The maximum atomic E-state index is 12.4. The van der Waals surface area contributed by atoms with E-state index in [1.165, 1.54) is 10.7 Å². The summed E-state index contributed by atoms with van der Waals surface area (Å²) in [5, 5.41) is 10.1. The van der Waals surface area contributed by atoms with Gasteiger partial charge in [0, 0.05) is 36.8 Å². The molecule has 0 atom stereocenters. The van der Waals surface area contributed by atoms with Gasteiger partial charge in [-0.1, -0.05) is 36.4 Å². The van der Waals surface area contributed by atoms with Crippen LogP contribution in [0.3, 0.4) is 0 Å². The molecule has 0 fully saturated rings. The van der Waals surface area contributed by atoms with Gasteiger partial charge in [0.2, 0.25) is 5.91 Å². The van der Waals surface area contributed by atoms with Crippen molar-refractivity contribution < 1.29 is 14.3 Å². The zero-order valence-corrected chi connectivity index (χ0v) is 20.3. The van der Waals surface area contributed by atoms with Gasteiger partial charge in [-0.15, -0.1) is 0 Å². The van der Waals surface area contributed by atoms with Crippen molar-refractivity contribution >= 4 is 17.7 Å². The Morgan fingerprint density at radius 3 is 2.51 bits per heavy atom. The first kappa shape index (κ1) is 25.6. The van der Waals surface area contributed by atoms with Crippen molar-refractivity contribution in [2.75, 3.05) is 32.6 Å². The summed E-state index contributed by atoms with van der Waals surface area (Å²) in [6.45, 7) is 3.43. The molecule has 184 valence electrons. The molecule has 3 rings (SSSR count). The Labute approximate surface area is 204 Å². The van der Waals surface area contributed by atoms with Crippen LogP contribution in [0.1, 0.15) is 24.5 Å². The monoisotopic (exact) mass is 477 g/mol. The standard InChI is InChI=1S/C26H31N5O4/c1-4-35-26(34)28-22-7-5-6-20(16-22)18-31-25(33)13-12-23(29-31)21-10-8-19(9-11-21)17-27-24(32)14-15-30(2)3/h5-13,16H,4,14-15,17-18H2,1-3H3,(H,27,32)(H,28,34). The lowest BCUT2D eigenvalue weighted by Gasteiger charge is -2.11. The quantitative estimate of drug-likeness (QED) is 0.465. The molecule has 2 N–H and O–H groups in total. The van der Waals surface area contributed by atoms with Gasteiger partial charge in [0.05, 0.1) is 18.8 Å². The highest BCUT2D eigenvalue weighted by Crippen LogP contribution is 2.17. The normalized spacial score (nSPS) is 10.7. The second-order valence-electron chi connectivity index (χ2n) is 8.29. The fraction of sp³-hybridized carbons (Fsp3) is 0.308. The summed E-state index contributed by atoms with van der Waals surface area (Å²) < 4.78 is 6.29. The lowest BCUT2D eigenvalue weighted by Crippen LogP contribution is -2.26. The number of hydrogen-bond donors (Lipinski definition) is 2. The van der Waals surface area contributed by atoms with E-state index >= 15 is 0 Å². The fourth-order valence-corrected chi connectivity index (χ4v) is 3.33. The molecule has 1 heterocycles. The van der Waals surface area contributed by atoms with E-state index in [-0.39, 0.29) is 24.6 Å². The first-order chi connectivity index (χ1) is 16.8. The minimum Gasteiger partial charge on any atom is -0.450 e. The zero-order valence-electron chi connectivity index (χ0n) is 20.3. The Morgan fingerprint density at radius 2 is 1.80 bits per heavy atom. The van der Waals surface area contributed by atoms with Gasteiger partial charge in [-0.05, 0) is 50.3 Å². The largest absolute Gasteiger partial charge is 0.450 e. The smallest absolute Gasteiger partial charge is 0.411 e. The number of amides is 2. The summed E-state index contributed by atoms with van der Waals surface area (Å²) >= 11 is 0. The Hall–Kier alpha value is -3.98. The SMILES string of the molecule is CCOC(=O)Nc1cccc(Cn2nc(-c3ccc(CNC(=O)CCN(C)C)cc3)ccc2=O)c1. The van der Waals surface area contributed by atoms with Crippen LogP contribution in [0.4, 0.5) is 10.5 Å². The number of anilines is 1. The topological polar surface area (TPSA) is 106 Å². The molecule has 35 heavy (non-hydrogen) atoms. The molecule has 1 aromatic heterocycles. The summed E-state index contributed by atoms with van der Waals surface area (Å²) in [6, 6.07) is 18.1. The second-order valence-corrected chi connectivity index (χ2v) is 8.29. The highest BCUT2D eigenvalue weighted by atomic mass is 16.5. The van der Waals surface area contributed by atoms with E-state index in [1.807, 2.05) is 49.3 Å². The molecule has 3 aromatic rings. The Kier molecular flexibility index (Phi) is 9.14. The average Bonchev–Trinajstić information content (AvgIpc) is 2.83. The molecular weight excluding hydrogens is 446 g/mol. The maximum Gasteiger partial charge on any atom is 0.411 e. The van der Waals surface area contributed by atoms with Crippen molar-refractivity contribution in [2.45, 2.75) is 26.4 Å². The first-order valence-electron chi connectivity index (χ1n) is 11.5.